The molecule has 1 amide bonds. The summed E-state index contributed by atoms with van der Waals surface area (Å²) in [5, 5.41) is 3.48. The van der Waals surface area contributed by atoms with Crippen molar-refractivity contribution in [2.24, 2.45) is 4.99 Å². The minimum Gasteiger partial charge on any atom is -0.469 e. The van der Waals surface area contributed by atoms with Crippen LogP contribution in [-0.2, 0) is 22.5 Å². The van der Waals surface area contributed by atoms with Crippen LogP contribution in [0.4, 0.5) is 0 Å². The Morgan fingerprint density at radius 3 is 2.52 bits per heavy atom. The molecule has 31 heavy (non-hydrogen) atoms. The Kier molecular flexibility index (Phi) is 9.20. The van der Waals surface area contributed by atoms with Crippen molar-refractivity contribution in [3.05, 3.63) is 60.1 Å². The molecule has 1 aromatic carbocycles. The van der Waals surface area contributed by atoms with E-state index >= 15 is 0 Å². The summed E-state index contributed by atoms with van der Waals surface area (Å²) in [5.74, 6) is 1.98. The van der Waals surface area contributed by atoms with Gasteiger partial charge >= 0.3 is 0 Å². The summed E-state index contributed by atoms with van der Waals surface area (Å²) in [6.07, 6.45) is 4.08. The van der Waals surface area contributed by atoms with Crippen molar-refractivity contribution < 1.29 is 13.9 Å². The number of rotatable bonds is 6. The fraction of sp³-hybridized carbons (Fsp3) is 0.478. The number of guanidine groups is 1. The van der Waals surface area contributed by atoms with Gasteiger partial charge in [0.15, 0.2) is 5.96 Å². The van der Waals surface area contributed by atoms with Crippen LogP contribution in [-0.4, -0.2) is 67.1 Å². The molecule has 0 saturated carbocycles. The Morgan fingerprint density at radius 2 is 1.84 bits per heavy atom. The number of benzene rings is 1. The van der Waals surface area contributed by atoms with Gasteiger partial charge in [-0.15, -0.1) is 24.0 Å². The normalized spacial score (nSPS) is 19.2. The number of carbonyl (C=O) groups is 1. The third kappa shape index (κ3) is 6.70. The molecule has 7 nitrogen and oxygen atoms in total. The third-order valence-electron chi connectivity index (χ3n) is 5.58. The van der Waals surface area contributed by atoms with Crippen molar-refractivity contribution in [1.82, 2.24) is 15.1 Å². The van der Waals surface area contributed by atoms with Crippen molar-refractivity contribution in [3.63, 3.8) is 0 Å². The summed E-state index contributed by atoms with van der Waals surface area (Å²) in [7, 11) is 0. The van der Waals surface area contributed by atoms with E-state index in [-0.39, 0.29) is 36.0 Å². The molecule has 2 aliphatic rings. The average molecular weight is 538 g/mol. The van der Waals surface area contributed by atoms with E-state index < -0.39 is 0 Å². The lowest BCUT2D eigenvalue weighted by Crippen LogP contribution is -2.55. The first-order valence-corrected chi connectivity index (χ1v) is 10.8. The Morgan fingerprint density at radius 1 is 1.06 bits per heavy atom. The highest BCUT2D eigenvalue weighted by Crippen LogP contribution is 2.16. The number of halogens is 1. The first-order valence-electron chi connectivity index (χ1n) is 10.8. The van der Waals surface area contributed by atoms with E-state index in [2.05, 4.69) is 22.3 Å². The maximum absolute atomic E-state index is 12.6. The molecule has 1 N–H and O–H groups in total. The monoisotopic (exact) mass is 538 g/mol. The number of ether oxygens (including phenoxy) is 1. The molecular formula is C23H31IN4O3. The van der Waals surface area contributed by atoms with E-state index in [0.717, 1.165) is 50.6 Å². The predicted octanol–water partition coefficient (Wildman–Crippen LogP) is 2.91. The van der Waals surface area contributed by atoms with Crippen molar-refractivity contribution in [2.75, 3.05) is 39.3 Å². The second kappa shape index (κ2) is 12.1. The van der Waals surface area contributed by atoms with Crippen LogP contribution in [0.15, 0.2) is 58.1 Å². The molecule has 3 heterocycles. The van der Waals surface area contributed by atoms with E-state index in [9.17, 15) is 4.79 Å². The summed E-state index contributed by atoms with van der Waals surface area (Å²) in [6.45, 7) is 4.99. The molecule has 1 aromatic heterocycles. The number of hydrogen-bond donors (Lipinski definition) is 1. The minimum atomic E-state index is -0.241. The number of aliphatic imine (C=N–C) groups is 1. The molecule has 2 fully saturated rings. The number of nitrogens with one attached hydrogen (secondary N) is 1. The highest BCUT2D eigenvalue weighted by Gasteiger charge is 2.30. The lowest BCUT2D eigenvalue weighted by molar-refractivity contribution is -0.142. The van der Waals surface area contributed by atoms with Crippen LogP contribution in [0.3, 0.4) is 0 Å². The van der Waals surface area contributed by atoms with Crippen LogP contribution in [0.5, 0.6) is 0 Å². The van der Waals surface area contributed by atoms with E-state index in [1.807, 2.05) is 35.2 Å². The second-order valence-corrected chi connectivity index (χ2v) is 7.70. The summed E-state index contributed by atoms with van der Waals surface area (Å²) in [4.78, 5) is 21.6. The van der Waals surface area contributed by atoms with Crippen molar-refractivity contribution in [3.8, 4) is 0 Å². The van der Waals surface area contributed by atoms with Crippen molar-refractivity contribution in [2.45, 2.75) is 31.9 Å². The summed E-state index contributed by atoms with van der Waals surface area (Å²) in [6, 6.07) is 14.1. The lowest BCUT2D eigenvalue weighted by atomic mass is 10.2. The number of amides is 1. The molecule has 1 unspecified atom stereocenters. The van der Waals surface area contributed by atoms with Gasteiger partial charge in [-0.2, -0.15) is 0 Å². The van der Waals surface area contributed by atoms with E-state index in [0.29, 0.717) is 26.2 Å². The van der Waals surface area contributed by atoms with Crippen LogP contribution in [0, 0.1) is 0 Å². The van der Waals surface area contributed by atoms with E-state index in [1.165, 1.54) is 5.56 Å². The van der Waals surface area contributed by atoms with Gasteiger partial charge in [0.05, 0.1) is 12.8 Å². The van der Waals surface area contributed by atoms with Crippen LogP contribution < -0.4 is 5.32 Å². The summed E-state index contributed by atoms with van der Waals surface area (Å²) in [5.41, 5.74) is 1.18. The number of hydrogen-bond acceptors (Lipinski definition) is 4. The maximum Gasteiger partial charge on any atom is 0.251 e. The van der Waals surface area contributed by atoms with Gasteiger partial charge in [0, 0.05) is 45.8 Å². The second-order valence-electron chi connectivity index (χ2n) is 7.70. The van der Waals surface area contributed by atoms with Gasteiger partial charge in [-0.25, -0.2) is 4.99 Å². The smallest absolute Gasteiger partial charge is 0.251 e. The predicted molar refractivity (Wildman–Crippen MR) is 131 cm³/mol. The highest BCUT2D eigenvalue weighted by molar-refractivity contribution is 14.0. The molecule has 4 rings (SSSR count). The van der Waals surface area contributed by atoms with E-state index in [4.69, 9.17) is 14.1 Å². The van der Waals surface area contributed by atoms with Gasteiger partial charge < -0.3 is 24.3 Å². The molecule has 168 valence electrons. The quantitative estimate of drug-likeness (QED) is 0.348. The topological polar surface area (TPSA) is 70.3 Å². The number of nitrogens with zero attached hydrogens (tertiary/aromatic N) is 3. The van der Waals surface area contributed by atoms with Gasteiger partial charge in [-0.1, -0.05) is 30.3 Å². The van der Waals surface area contributed by atoms with Crippen LogP contribution in [0.1, 0.15) is 24.2 Å². The molecule has 0 spiro atoms. The lowest BCUT2D eigenvalue weighted by Gasteiger charge is -2.37. The standard InChI is InChI=1S/C23H30N4O3.HI/c28-22(21-9-5-17-30-21)26-12-14-27(15-13-26)23(24-11-10-20-8-4-16-29-20)25-18-19-6-2-1-3-7-19;/h1-4,6-8,16,21H,5,9-15,17-18H2,(H,24,25);1H. The highest BCUT2D eigenvalue weighted by atomic mass is 127. The fourth-order valence-electron chi connectivity index (χ4n) is 3.88. The SMILES string of the molecule is I.O=C(C1CCCO1)N1CCN(C(=NCc2ccccc2)NCCc2ccco2)CC1. The number of carbonyl (C=O) groups excluding carboxylic acids is 1. The van der Waals surface area contributed by atoms with Crippen LogP contribution in [0.25, 0.3) is 0 Å². The van der Waals surface area contributed by atoms with Crippen molar-refractivity contribution in [1.29, 1.82) is 0 Å². The zero-order valence-electron chi connectivity index (χ0n) is 17.7. The Labute approximate surface area is 200 Å². The first kappa shape index (κ1) is 23.6. The summed E-state index contributed by atoms with van der Waals surface area (Å²) >= 11 is 0. The largest absolute Gasteiger partial charge is 0.469 e. The van der Waals surface area contributed by atoms with Crippen LogP contribution >= 0.6 is 24.0 Å². The number of piperazine rings is 1. The Hall–Kier alpha value is -2.07. The Bertz CT molecular complexity index is 815. The molecule has 0 aliphatic carbocycles. The third-order valence-corrected chi connectivity index (χ3v) is 5.58. The number of furan rings is 1. The molecule has 2 saturated heterocycles. The Balaban J connectivity index is 0.00000272. The van der Waals surface area contributed by atoms with Gasteiger partial charge in [-0.05, 0) is 30.5 Å². The molecule has 2 aromatic rings. The first-order chi connectivity index (χ1) is 14.8. The van der Waals surface area contributed by atoms with Gasteiger partial charge in [0.1, 0.15) is 11.9 Å². The van der Waals surface area contributed by atoms with Crippen molar-refractivity contribution >= 4 is 35.8 Å². The molecule has 0 bridgehead atoms. The summed E-state index contributed by atoms with van der Waals surface area (Å²) < 4.78 is 11.0. The zero-order valence-corrected chi connectivity index (χ0v) is 20.1. The maximum atomic E-state index is 12.6. The van der Waals surface area contributed by atoms with Crippen LogP contribution in [0.2, 0.25) is 0 Å². The fourth-order valence-corrected chi connectivity index (χ4v) is 3.88. The molecule has 2 aliphatic heterocycles. The molecule has 8 heteroatoms. The molecule has 0 radical (unpaired) electrons. The van der Waals surface area contributed by atoms with Gasteiger partial charge in [0.25, 0.3) is 5.91 Å². The zero-order chi connectivity index (χ0) is 20.6. The van der Waals surface area contributed by atoms with Gasteiger partial charge in [0.2, 0.25) is 0 Å². The molecular weight excluding hydrogens is 507 g/mol. The van der Waals surface area contributed by atoms with E-state index in [1.54, 1.807) is 6.26 Å². The molecule has 1 atom stereocenters. The van der Waals surface area contributed by atoms with Gasteiger partial charge in [-0.3, -0.25) is 4.79 Å². The average Bonchev–Trinajstić information content (AvgIpc) is 3.51. The minimum absolute atomic E-state index is 0.